The van der Waals surface area contributed by atoms with Crippen LogP contribution in [-0.2, 0) is 11.3 Å². The molecule has 1 aromatic carbocycles. The van der Waals surface area contributed by atoms with Crippen LogP contribution in [0.4, 0.5) is 0 Å². The van der Waals surface area contributed by atoms with Crippen molar-refractivity contribution in [1.82, 2.24) is 5.32 Å². The van der Waals surface area contributed by atoms with E-state index in [2.05, 4.69) is 10.1 Å². The van der Waals surface area contributed by atoms with E-state index in [9.17, 15) is 9.90 Å². The second-order valence-electron chi connectivity index (χ2n) is 4.46. The number of benzene rings is 1. The van der Waals surface area contributed by atoms with Crippen LogP contribution in [0.15, 0.2) is 40.8 Å². The number of ether oxygens (including phenoxy) is 1. The predicted molar refractivity (Wildman–Crippen MR) is 73.4 cm³/mol. The molecule has 1 unspecified atom stereocenters. The van der Waals surface area contributed by atoms with Gasteiger partial charge in [0.15, 0.2) is 0 Å². The molecule has 0 aliphatic carbocycles. The van der Waals surface area contributed by atoms with Crippen LogP contribution in [0.2, 0.25) is 0 Å². The first-order valence-electron chi connectivity index (χ1n) is 6.29. The molecule has 0 saturated carbocycles. The Morgan fingerprint density at radius 2 is 2.00 bits per heavy atom. The van der Waals surface area contributed by atoms with Gasteiger partial charge in [-0.2, -0.15) is 0 Å². The maximum Gasteiger partial charge on any atom is 0.373 e. The largest absolute Gasteiger partial charge is 0.508 e. The van der Waals surface area contributed by atoms with Crippen molar-refractivity contribution >= 4 is 5.97 Å². The third-order valence-corrected chi connectivity index (χ3v) is 2.99. The lowest BCUT2D eigenvalue weighted by Gasteiger charge is -2.11. The fourth-order valence-corrected chi connectivity index (χ4v) is 1.78. The summed E-state index contributed by atoms with van der Waals surface area (Å²) >= 11 is 0. The lowest BCUT2D eigenvalue weighted by molar-refractivity contribution is 0.0562. The van der Waals surface area contributed by atoms with Gasteiger partial charge in [0.25, 0.3) is 0 Å². The predicted octanol–water partition coefficient (Wildman–Crippen LogP) is 2.62. The third kappa shape index (κ3) is 3.39. The number of phenolic OH excluding ortho intramolecular Hbond substituents is 1. The Kier molecular flexibility index (Phi) is 4.42. The Morgan fingerprint density at radius 1 is 1.30 bits per heavy atom. The van der Waals surface area contributed by atoms with Gasteiger partial charge in [0.05, 0.1) is 13.2 Å². The van der Waals surface area contributed by atoms with E-state index < -0.39 is 5.97 Å². The average molecular weight is 275 g/mol. The molecule has 0 aliphatic heterocycles. The van der Waals surface area contributed by atoms with Crippen molar-refractivity contribution in [2.75, 3.05) is 7.11 Å². The van der Waals surface area contributed by atoms with Crippen LogP contribution in [0.1, 0.15) is 34.8 Å². The molecule has 0 saturated heterocycles. The highest BCUT2D eigenvalue weighted by Gasteiger charge is 2.14. The lowest BCUT2D eigenvalue weighted by Crippen LogP contribution is -2.17. The number of carbonyl (C=O) groups is 1. The van der Waals surface area contributed by atoms with Gasteiger partial charge < -0.3 is 19.6 Å². The van der Waals surface area contributed by atoms with Crippen LogP contribution < -0.4 is 5.32 Å². The van der Waals surface area contributed by atoms with Gasteiger partial charge in [-0.1, -0.05) is 12.1 Å². The van der Waals surface area contributed by atoms with Crippen LogP contribution in [0.3, 0.4) is 0 Å². The molecule has 106 valence electrons. The van der Waals surface area contributed by atoms with E-state index in [1.807, 2.05) is 19.1 Å². The standard InChI is InChI=1S/C15H17NO4/c1-10(13-7-8-14(20-13)15(18)19-2)16-9-11-3-5-12(17)6-4-11/h3-8,10,16-17H,9H2,1-2H3. The van der Waals surface area contributed by atoms with Gasteiger partial charge in [-0.3, -0.25) is 0 Å². The minimum Gasteiger partial charge on any atom is -0.508 e. The van der Waals surface area contributed by atoms with Crippen LogP contribution in [0.25, 0.3) is 0 Å². The van der Waals surface area contributed by atoms with E-state index in [1.165, 1.54) is 7.11 Å². The summed E-state index contributed by atoms with van der Waals surface area (Å²) in [5.41, 5.74) is 1.05. The van der Waals surface area contributed by atoms with E-state index in [0.717, 1.165) is 5.56 Å². The number of methoxy groups -OCH3 is 1. The third-order valence-electron chi connectivity index (χ3n) is 2.99. The quantitative estimate of drug-likeness (QED) is 0.821. The van der Waals surface area contributed by atoms with Crippen molar-refractivity contribution in [2.24, 2.45) is 0 Å². The summed E-state index contributed by atoms with van der Waals surface area (Å²) in [5.74, 6) is 0.627. The number of carbonyl (C=O) groups excluding carboxylic acids is 1. The Hall–Kier alpha value is -2.27. The fraction of sp³-hybridized carbons (Fsp3) is 0.267. The van der Waals surface area contributed by atoms with Gasteiger partial charge >= 0.3 is 5.97 Å². The molecule has 0 spiro atoms. The summed E-state index contributed by atoms with van der Waals surface area (Å²) in [7, 11) is 1.32. The number of aromatic hydroxyl groups is 1. The van der Waals surface area contributed by atoms with Crippen molar-refractivity contribution in [1.29, 1.82) is 0 Å². The zero-order valence-electron chi connectivity index (χ0n) is 11.4. The van der Waals surface area contributed by atoms with E-state index in [1.54, 1.807) is 24.3 Å². The Balaban J connectivity index is 1.94. The molecule has 0 radical (unpaired) electrons. The molecule has 5 nitrogen and oxygen atoms in total. The van der Waals surface area contributed by atoms with E-state index in [4.69, 9.17) is 4.42 Å². The zero-order valence-corrected chi connectivity index (χ0v) is 11.4. The number of esters is 1. The first-order valence-corrected chi connectivity index (χ1v) is 6.29. The molecule has 1 aromatic heterocycles. The van der Waals surface area contributed by atoms with Gasteiger partial charge in [-0.25, -0.2) is 4.79 Å². The Labute approximate surface area is 117 Å². The number of furan rings is 1. The van der Waals surface area contributed by atoms with Crippen LogP contribution in [0.5, 0.6) is 5.75 Å². The number of hydrogen-bond donors (Lipinski definition) is 2. The van der Waals surface area contributed by atoms with E-state index in [0.29, 0.717) is 12.3 Å². The molecule has 0 amide bonds. The highest BCUT2D eigenvalue weighted by molar-refractivity contribution is 5.86. The topological polar surface area (TPSA) is 71.7 Å². The molecule has 1 heterocycles. The highest BCUT2D eigenvalue weighted by Crippen LogP contribution is 2.18. The maximum atomic E-state index is 11.3. The first-order chi connectivity index (χ1) is 9.60. The van der Waals surface area contributed by atoms with E-state index >= 15 is 0 Å². The van der Waals surface area contributed by atoms with Gasteiger partial charge in [-0.15, -0.1) is 0 Å². The monoisotopic (exact) mass is 275 g/mol. The second kappa shape index (κ2) is 6.25. The summed E-state index contributed by atoms with van der Waals surface area (Å²) < 4.78 is 10.0. The molecule has 0 fully saturated rings. The SMILES string of the molecule is COC(=O)c1ccc(C(C)NCc2ccc(O)cc2)o1. The average Bonchev–Trinajstić information content (AvgIpc) is 2.95. The normalized spacial score (nSPS) is 12.1. The molecule has 0 bridgehead atoms. The van der Waals surface area contributed by atoms with Crippen molar-refractivity contribution in [2.45, 2.75) is 19.5 Å². The fourth-order valence-electron chi connectivity index (χ4n) is 1.78. The molecule has 2 N–H and O–H groups in total. The molecule has 20 heavy (non-hydrogen) atoms. The molecule has 0 aliphatic rings. The summed E-state index contributed by atoms with van der Waals surface area (Å²) in [4.78, 5) is 11.3. The maximum absolute atomic E-state index is 11.3. The van der Waals surface area contributed by atoms with Crippen molar-refractivity contribution < 1.29 is 19.1 Å². The smallest absolute Gasteiger partial charge is 0.373 e. The first kappa shape index (κ1) is 14.1. The Bertz CT molecular complexity index is 574. The molecular weight excluding hydrogens is 258 g/mol. The van der Waals surface area contributed by atoms with Gasteiger partial charge in [0.1, 0.15) is 11.5 Å². The minimum atomic E-state index is -0.484. The van der Waals surface area contributed by atoms with Crippen LogP contribution in [-0.4, -0.2) is 18.2 Å². The summed E-state index contributed by atoms with van der Waals surface area (Å²) in [6, 6.07) is 10.3. The van der Waals surface area contributed by atoms with Crippen LogP contribution >= 0.6 is 0 Å². The number of phenols is 1. The second-order valence-corrected chi connectivity index (χ2v) is 4.46. The van der Waals surface area contributed by atoms with Crippen molar-refractivity contribution in [3.63, 3.8) is 0 Å². The lowest BCUT2D eigenvalue weighted by atomic mass is 10.2. The van der Waals surface area contributed by atoms with Gasteiger partial charge in [0.2, 0.25) is 5.76 Å². The molecule has 5 heteroatoms. The van der Waals surface area contributed by atoms with E-state index in [-0.39, 0.29) is 17.6 Å². The molecule has 2 rings (SSSR count). The summed E-state index contributed by atoms with van der Waals surface area (Å²) in [5, 5.41) is 12.5. The van der Waals surface area contributed by atoms with Gasteiger partial charge in [-0.05, 0) is 36.8 Å². The summed E-state index contributed by atoms with van der Waals surface area (Å²) in [6.45, 7) is 2.58. The van der Waals surface area contributed by atoms with Crippen molar-refractivity contribution in [3.8, 4) is 5.75 Å². The Morgan fingerprint density at radius 3 is 2.65 bits per heavy atom. The van der Waals surface area contributed by atoms with Crippen LogP contribution in [0, 0.1) is 0 Å². The number of hydrogen-bond acceptors (Lipinski definition) is 5. The van der Waals surface area contributed by atoms with Crippen molar-refractivity contribution in [3.05, 3.63) is 53.5 Å². The highest BCUT2D eigenvalue weighted by atomic mass is 16.5. The zero-order chi connectivity index (χ0) is 14.5. The summed E-state index contributed by atoms with van der Waals surface area (Å²) in [6.07, 6.45) is 0. The van der Waals surface area contributed by atoms with Gasteiger partial charge in [0, 0.05) is 6.54 Å². The number of rotatable bonds is 5. The number of nitrogens with one attached hydrogen (secondary N) is 1. The molecule has 1 atom stereocenters. The molecular formula is C15H17NO4. The minimum absolute atomic E-state index is 0.0396. The molecule has 2 aromatic rings.